The van der Waals surface area contributed by atoms with Gasteiger partial charge in [0.05, 0.1) is 11.0 Å². The second kappa shape index (κ2) is 8.93. The first-order valence-corrected chi connectivity index (χ1v) is 12.2. The van der Waals surface area contributed by atoms with Gasteiger partial charge in [-0.15, -0.1) is 0 Å². The fourth-order valence-corrected chi connectivity index (χ4v) is 6.71. The van der Waals surface area contributed by atoms with Crippen LogP contribution in [0.25, 0.3) is 0 Å². The lowest BCUT2D eigenvalue weighted by Gasteiger charge is -2.55. The topological polar surface area (TPSA) is 70.2 Å². The molecule has 2 aromatic carbocycles. The molecule has 6 rings (SSSR count). The molecule has 35 heavy (non-hydrogen) atoms. The van der Waals surface area contributed by atoms with E-state index in [2.05, 4.69) is 16.0 Å². The number of carbonyl (C=O) groups excluding carboxylic acids is 2. The third kappa shape index (κ3) is 5.05. The molecule has 4 saturated carbocycles. The highest BCUT2D eigenvalue weighted by atomic mass is 32.1. The first kappa shape index (κ1) is 23.8. The van der Waals surface area contributed by atoms with E-state index in [1.807, 2.05) is 0 Å². The fourth-order valence-electron chi connectivity index (χ4n) is 6.50. The second-order valence-corrected chi connectivity index (χ2v) is 10.6. The van der Waals surface area contributed by atoms with Crippen molar-refractivity contribution >= 4 is 40.5 Å². The standard InChI is InChI=1S/C26H26F3N3O2S/c27-26(28,29)19-4-2-6-21(11-19)30-22(33)18-3-1-5-20(10-18)31-24(35)32-23(34)25-12-15-7-16(13-25)9-17(8-15)14-25/h1-6,10-11,15-17H,7-9,12-14H2,(H,30,33)(H2,31,32,34,35). The van der Waals surface area contributed by atoms with Crippen LogP contribution in [0.1, 0.15) is 54.4 Å². The van der Waals surface area contributed by atoms with E-state index < -0.39 is 17.6 Å². The van der Waals surface area contributed by atoms with Gasteiger partial charge in [-0.3, -0.25) is 9.59 Å². The van der Waals surface area contributed by atoms with E-state index in [-0.39, 0.29) is 27.7 Å². The second-order valence-electron chi connectivity index (χ2n) is 10.2. The molecule has 184 valence electrons. The van der Waals surface area contributed by atoms with Crippen LogP contribution in [0.5, 0.6) is 0 Å². The maximum atomic E-state index is 13.2. The highest BCUT2D eigenvalue weighted by Gasteiger charge is 2.54. The number of anilines is 2. The Kier molecular flexibility index (Phi) is 6.07. The summed E-state index contributed by atoms with van der Waals surface area (Å²) in [5.41, 5.74) is -0.389. The van der Waals surface area contributed by atoms with Gasteiger partial charge in [0.1, 0.15) is 0 Å². The summed E-state index contributed by atoms with van der Waals surface area (Å²) in [6.45, 7) is 0. The lowest BCUT2D eigenvalue weighted by Crippen LogP contribution is -2.55. The van der Waals surface area contributed by atoms with E-state index in [4.69, 9.17) is 12.2 Å². The molecule has 0 aromatic heterocycles. The van der Waals surface area contributed by atoms with E-state index in [9.17, 15) is 22.8 Å². The van der Waals surface area contributed by atoms with Crippen molar-refractivity contribution in [2.75, 3.05) is 10.6 Å². The highest BCUT2D eigenvalue weighted by Crippen LogP contribution is 2.60. The minimum atomic E-state index is -4.50. The van der Waals surface area contributed by atoms with Gasteiger partial charge in [0.15, 0.2) is 5.11 Å². The molecule has 0 spiro atoms. The summed E-state index contributed by atoms with van der Waals surface area (Å²) in [5.74, 6) is 1.34. The number of amides is 2. The monoisotopic (exact) mass is 501 g/mol. The van der Waals surface area contributed by atoms with Crippen LogP contribution < -0.4 is 16.0 Å². The van der Waals surface area contributed by atoms with Gasteiger partial charge in [0.25, 0.3) is 5.91 Å². The molecule has 0 saturated heterocycles. The van der Waals surface area contributed by atoms with Gasteiger partial charge in [-0.2, -0.15) is 13.2 Å². The van der Waals surface area contributed by atoms with E-state index in [1.165, 1.54) is 37.5 Å². The maximum absolute atomic E-state index is 13.2. The van der Waals surface area contributed by atoms with Gasteiger partial charge in [-0.1, -0.05) is 12.1 Å². The molecule has 2 amide bonds. The Hall–Kier alpha value is -2.94. The van der Waals surface area contributed by atoms with Crippen LogP contribution in [0.3, 0.4) is 0 Å². The van der Waals surface area contributed by atoms with Crippen molar-refractivity contribution in [3.63, 3.8) is 0 Å². The molecule has 4 aliphatic carbocycles. The van der Waals surface area contributed by atoms with Gasteiger partial charge < -0.3 is 16.0 Å². The molecule has 2 aromatic rings. The molecule has 4 bridgehead atoms. The zero-order valence-corrected chi connectivity index (χ0v) is 19.8. The van der Waals surface area contributed by atoms with E-state index in [1.54, 1.807) is 18.2 Å². The van der Waals surface area contributed by atoms with Gasteiger partial charge in [-0.05, 0) is 105 Å². The van der Waals surface area contributed by atoms with Crippen molar-refractivity contribution in [3.05, 3.63) is 59.7 Å². The van der Waals surface area contributed by atoms with Gasteiger partial charge >= 0.3 is 6.18 Å². The largest absolute Gasteiger partial charge is 0.416 e. The lowest BCUT2D eigenvalue weighted by molar-refractivity contribution is -0.144. The number of hydrogen-bond donors (Lipinski definition) is 3. The molecule has 0 radical (unpaired) electrons. The number of thiocarbonyl (C=S) groups is 1. The number of hydrogen-bond acceptors (Lipinski definition) is 3. The molecule has 4 fully saturated rings. The van der Waals surface area contributed by atoms with Gasteiger partial charge in [-0.25, -0.2) is 0 Å². The average Bonchev–Trinajstić information content (AvgIpc) is 2.78. The molecule has 9 heteroatoms. The Morgan fingerprint density at radius 1 is 0.857 bits per heavy atom. The summed E-state index contributed by atoms with van der Waals surface area (Å²) >= 11 is 5.38. The first-order chi connectivity index (χ1) is 16.6. The highest BCUT2D eigenvalue weighted by molar-refractivity contribution is 7.80. The number of halogens is 3. The first-order valence-electron chi connectivity index (χ1n) is 11.8. The summed E-state index contributed by atoms with van der Waals surface area (Å²) < 4.78 is 38.8. The van der Waals surface area contributed by atoms with Crippen LogP contribution in [-0.2, 0) is 11.0 Å². The number of benzene rings is 2. The molecular weight excluding hydrogens is 475 g/mol. The summed E-state index contributed by atoms with van der Waals surface area (Å²) in [4.78, 5) is 25.8. The van der Waals surface area contributed by atoms with E-state index in [0.717, 1.165) is 31.4 Å². The summed E-state index contributed by atoms with van der Waals surface area (Å²) in [5, 5.41) is 8.49. The average molecular weight is 502 g/mol. The van der Waals surface area contributed by atoms with Crippen molar-refractivity contribution in [1.82, 2.24) is 5.32 Å². The number of alkyl halides is 3. The smallest absolute Gasteiger partial charge is 0.332 e. The summed E-state index contributed by atoms with van der Waals surface area (Å²) in [7, 11) is 0. The van der Waals surface area contributed by atoms with Crippen LogP contribution in [0.15, 0.2) is 48.5 Å². The quantitative estimate of drug-likeness (QED) is 0.451. The lowest BCUT2D eigenvalue weighted by atomic mass is 9.49. The molecule has 0 atom stereocenters. The normalized spacial score (nSPS) is 26.8. The van der Waals surface area contributed by atoms with Crippen molar-refractivity contribution in [2.24, 2.45) is 23.2 Å². The minimum absolute atomic E-state index is 0.0208. The third-order valence-corrected chi connectivity index (χ3v) is 7.78. The van der Waals surface area contributed by atoms with Crippen LogP contribution in [0, 0.1) is 23.2 Å². The Balaban J connectivity index is 1.21. The number of carbonyl (C=O) groups is 2. The molecular formula is C26H26F3N3O2S. The van der Waals surface area contributed by atoms with Crippen molar-refractivity contribution in [2.45, 2.75) is 44.7 Å². The predicted molar refractivity (Wildman–Crippen MR) is 131 cm³/mol. The van der Waals surface area contributed by atoms with Gasteiger partial charge in [0.2, 0.25) is 5.91 Å². The fraction of sp³-hybridized carbons (Fsp3) is 0.423. The minimum Gasteiger partial charge on any atom is -0.332 e. The Morgan fingerprint density at radius 2 is 1.43 bits per heavy atom. The Morgan fingerprint density at radius 3 is 2.03 bits per heavy atom. The van der Waals surface area contributed by atoms with Crippen molar-refractivity contribution in [3.8, 4) is 0 Å². The number of nitrogens with one attached hydrogen (secondary N) is 3. The molecule has 0 unspecified atom stereocenters. The molecule has 3 N–H and O–H groups in total. The zero-order chi connectivity index (χ0) is 24.8. The van der Waals surface area contributed by atoms with Crippen LogP contribution in [0.2, 0.25) is 0 Å². The molecule has 0 heterocycles. The van der Waals surface area contributed by atoms with Crippen molar-refractivity contribution < 1.29 is 22.8 Å². The predicted octanol–water partition coefficient (Wildman–Crippen LogP) is 5.99. The van der Waals surface area contributed by atoms with Crippen LogP contribution in [-0.4, -0.2) is 16.9 Å². The summed E-state index contributed by atoms with van der Waals surface area (Å²) in [6, 6.07) is 10.9. The zero-order valence-electron chi connectivity index (χ0n) is 19.0. The number of rotatable bonds is 4. The van der Waals surface area contributed by atoms with Gasteiger partial charge in [0, 0.05) is 16.9 Å². The molecule has 5 nitrogen and oxygen atoms in total. The van der Waals surface area contributed by atoms with Crippen LogP contribution >= 0.6 is 12.2 Å². The van der Waals surface area contributed by atoms with Crippen LogP contribution in [0.4, 0.5) is 24.5 Å². The van der Waals surface area contributed by atoms with Crippen molar-refractivity contribution in [1.29, 1.82) is 0 Å². The Labute approximate surface area is 206 Å². The third-order valence-electron chi connectivity index (χ3n) is 7.58. The Bertz CT molecular complexity index is 1150. The summed E-state index contributed by atoms with van der Waals surface area (Å²) in [6.07, 6.45) is 2.01. The SMILES string of the molecule is O=C(Nc1cccc(C(F)(F)F)c1)c1cccc(NC(=S)NC(=O)C23CC4CC(CC(C4)C2)C3)c1. The van der Waals surface area contributed by atoms with E-state index in [0.29, 0.717) is 23.4 Å². The molecule has 0 aliphatic heterocycles. The molecule has 4 aliphatic rings. The maximum Gasteiger partial charge on any atom is 0.416 e. The van der Waals surface area contributed by atoms with E-state index >= 15 is 0 Å².